The fraction of sp³-hybridized carbons (Fsp3) is 0.474. The molecule has 144 valence electrons. The van der Waals surface area contributed by atoms with E-state index in [4.69, 9.17) is 9.47 Å². The number of quaternary nitrogens is 1. The molecule has 3 aromatic rings. The molecule has 1 fully saturated rings. The van der Waals surface area contributed by atoms with Gasteiger partial charge in [0.1, 0.15) is 11.2 Å². The lowest BCUT2D eigenvalue weighted by atomic mass is 9.95. The molecule has 0 saturated carbocycles. The summed E-state index contributed by atoms with van der Waals surface area (Å²) in [6.45, 7) is 4.43. The van der Waals surface area contributed by atoms with Crippen LogP contribution in [0.25, 0.3) is 4.96 Å². The third-order valence-electron chi connectivity index (χ3n) is 5.36. The van der Waals surface area contributed by atoms with Crippen molar-refractivity contribution in [2.75, 3.05) is 27.3 Å². The summed E-state index contributed by atoms with van der Waals surface area (Å²) < 4.78 is 12.4. The van der Waals surface area contributed by atoms with Crippen molar-refractivity contribution in [1.29, 1.82) is 0 Å². The molecule has 1 aliphatic heterocycles. The third kappa shape index (κ3) is 3.23. The molecule has 0 bridgehead atoms. The van der Waals surface area contributed by atoms with Crippen molar-refractivity contribution in [1.82, 2.24) is 14.6 Å². The van der Waals surface area contributed by atoms with Gasteiger partial charge < -0.3 is 19.5 Å². The highest BCUT2D eigenvalue weighted by Gasteiger charge is 2.35. The molecule has 27 heavy (non-hydrogen) atoms. The Morgan fingerprint density at radius 1 is 1.30 bits per heavy atom. The summed E-state index contributed by atoms with van der Waals surface area (Å²) >= 11 is 1.50. The molecule has 3 heterocycles. The minimum absolute atomic E-state index is 0.000978. The van der Waals surface area contributed by atoms with Crippen LogP contribution in [0.2, 0.25) is 0 Å². The van der Waals surface area contributed by atoms with E-state index in [1.54, 1.807) is 14.2 Å². The highest BCUT2D eigenvalue weighted by Crippen LogP contribution is 2.37. The van der Waals surface area contributed by atoms with Crippen LogP contribution in [0.1, 0.15) is 36.2 Å². The van der Waals surface area contributed by atoms with Gasteiger partial charge in [-0.05, 0) is 31.0 Å². The average Bonchev–Trinajstić information content (AvgIpc) is 3.25. The number of piperidine rings is 1. The summed E-state index contributed by atoms with van der Waals surface area (Å²) in [7, 11) is 3.28. The lowest BCUT2D eigenvalue weighted by Gasteiger charge is -2.34. The molecular weight excluding hydrogens is 364 g/mol. The second-order valence-corrected chi connectivity index (χ2v) is 8.16. The largest absolute Gasteiger partial charge is 0.493 e. The van der Waals surface area contributed by atoms with Gasteiger partial charge in [-0.15, -0.1) is 0 Å². The van der Waals surface area contributed by atoms with E-state index in [-0.39, 0.29) is 11.9 Å². The van der Waals surface area contributed by atoms with Crippen LogP contribution in [-0.4, -0.2) is 47.0 Å². The molecule has 0 amide bonds. The first-order valence-corrected chi connectivity index (χ1v) is 10.0. The van der Waals surface area contributed by atoms with E-state index >= 15 is 0 Å². The van der Waals surface area contributed by atoms with Gasteiger partial charge >= 0.3 is 0 Å². The monoisotopic (exact) mass is 389 g/mol. The van der Waals surface area contributed by atoms with Gasteiger partial charge in [-0.1, -0.05) is 18.3 Å². The summed E-state index contributed by atoms with van der Waals surface area (Å²) in [5, 5.41) is 15.0. The van der Waals surface area contributed by atoms with Gasteiger partial charge in [0.2, 0.25) is 10.8 Å². The first kappa shape index (κ1) is 18.1. The highest BCUT2D eigenvalue weighted by molar-refractivity contribution is 7.17. The Morgan fingerprint density at radius 2 is 2.11 bits per heavy atom. The lowest BCUT2D eigenvalue weighted by Crippen LogP contribution is -3.13. The number of benzene rings is 1. The number of methoxy groups -OCH3 is 2. The first-order valence-electron chi connectivity index (χ1n) is 9.20. The number of thiazole rings is 1. The molecule has 1 aliphatic rings. The zero-order valence-corrected chi connectivity index (χ0v) is 16.6. The van der Waals surface area contributed by atoms with E-state index in [1.165, 1.54) is 39.9 Å². The summed E-state index contributed by atoms with van der Waals surface area (Å²) in [6.07, 6.45) is 3.90. The number of hydrogen-bond acceptors (Lipinski definition) is 6. The van der Waals surface area contributed by atoms with Gasteiger partial charge in [-0.3, -0.25) is 0 Å². The maximum atomic E-state index is 10.8. The molecule has 2 aromatic heterocycles. The van der Waals surface area contributed by atoms with E-state index in [0.717, 1.165) is 23.5 Å². The number of likely N-dealkylation sites (tertiary alicyclic amines) is 1. The second kappa shape index (κ2) is 7.36. The molecule has 1 unspecified atom stereocenters. The van der Waals surface area contributed by atoms with Crippen LogP contribution in [0.5, 0.6) is 17.4 Å². The molecular formula is C19H25N4O3S+. The third-order valence-corrected chi connectivity index (χ3v) is 6.45. The Hall–Kier alpha value is -2.32. The van der Waals surface area contributed by atoms with Gasteiger partial charge in [0.15, 0.2) is 17.5 Å². The lowest BCUT2D eigenvalue weighted by molar-refractivity contribution is -0.933. The number of rotatable bonds is 5. The van der Waals surface area contributed by atoms with Crippen molar-refractivity contribution in [2.24, 2.45) is 5.92 Å². The molecule has 1 saturated heterocycles. The zero-order chi connectivity index (χ0) is 19.0. The molecule has 1 aromatic carbocycles. The second-order valence-electron chi connectivity index (χ2n) is 7.15. The highest BCUT2D eigenvalue weighted by atomic mass is 32.1. The van der Waals surface area contributed by atoms with Crippen molar-refractivity contribution in [2.45, 2.75) is 25.8 Å². The van der Waals surface area contributed by atoms with E-state index in [9.17, 15) is 5.11 Å². The maximum Gasteiger partial charge on any atom is 0.235 e. The van der Waals surface area contributed by atoms with Crippen LogP contribution < -0.4 is 14.4 Å². The van der Waals surface area contributed by atoms with Crippen LogP contribution in [0.3, 0.4) is 0 Å². The van der Waals surface area contributed by atoms with Gasteiger partial charge in [-0.2, -0.15) is 9.61 Å². The summed E-state index contributed by atoms with van der Waals surface area (Å²) in [5.41, 5.74) is 1.09. The standard InChI is InChI=1S/C19H24N4O3S/c1-12-5-4-8-22(10-12)16(13-6-7-14(25-2)15(9-13)26-3)17-18(24)23-19(27-17)20-11-21-23/h6-7,9,11-12,16,24H,4-5,8,10H2,1-3H3/p+1/t12-,16+/m1/s1. The molecule has 0 aliphatic carbocycles. The first-order chi connectivity index (χ1) is 13.1. The molecule has 0 radical (unpaired) electrons. The number of nitrogens with zero attached hydrogens (tertiary/aromatic N) is 3. The number of aromatic nitrogens is 3. The van der Waals surface area contributed by atoms with Crippen LogP contribution in [0.15, 0.2) is 24.5 Å². The van der Waals surface area contributed by atoms with E-state index in [2.05, 4.69) is 23.1 Å². The molecule has 4 rings (SSSR count). The molecule has 3 atom stereocenters. The molecule has 7 nitrogen and oxygen atoms in total. The van der Waals surface area contributed by atoms with Gasteiger partial charge in [0.25, 0.3) is 0 Å². The molecule has 8 heteroatoms. The van der Waals surface area contributed by atoms with E-state index in [1.807, 2.05) is 12.1 Å². The van der Waals surface area contributed by atoms with Crippen LogP contribution in [0, 0.1) is 5.92 Å². The summed E-state index contributed by atoms with van der Waals surface area (Å²) in [6, 6.07) is 6.02. The Morgan fingerprint density at radius 3 is 2.81 bits per heavy atom. The van der Waals surface area contributed by atoms with Crippen molar-refractivity contribution < 1.29 is 19.5 Å². The van der Waals surface area contributed by atoms with Crippen LogP contribution in [0.4, 0.5) is 0 Å². The van der Waals surface area contributed by atoms with Crippen LogP contribution in [-0.2, 0) is 0 Å². The Labute approximate surface area is 162 Å². The Kier molecular flexibility index (Phi) is 4.92. The van der Waals surface area contributed by atoms with Crippen LogP contribution >= 0.6 is 11.3 Å². The van der Waals surface area contributed by atoms with Crippen molar-refractivity contribution in [3.63, 3.8) is 0 Å². The number of ether oxygens (including phenoxy) is 2. The number of hydrogen-bond donors (Lipinski definition) is 2. The van der Waals surface area contributed by atoms with Crippen molar-refractivity contribution in [3.8, 4) is 17.4 Å². The smallest absolute Gasteiger partial charge is 0.235 e. The fourth-order valence-electron chi connectivity index (χ4n) is 4.08. The van der Waals surface area contributed by atoms with Gasteiger partial charge in [0, 0.05) is 11.5 Å². The molecule has 2 N–H and O–H groups in total. The fourth-order valence-corrected chi connectivity index (χ4v) is 5.19. The summed E-state index contributed by atoms with van der Waals surface area (Å²) in [4.78, 5) is 7.30. The van der Waals surface area contributed by atoms with Gasteiger partial charge in [-0.25, -0.2) is 4.98 Å². The van der Waals surface area contributed by atoms with Gasteiger partial charge in [0.05, 0.1) is 27.3 Å². The number of fused-ring (bicyclic) bond motifs is 1. The Balaban J connectivity index is 1.83. The average molecular weight is 390 g/mol. The minimum Gasteiger partial charge on any atom is -0.493 e. The predicted molar refractivity (Wildman–Crippen MR) is 103 cm³/mol. The van der Waals surface area contributed by atoms with E-state index < -0.39 is 0 Å². The van der Waals surface area contributed by atoms with Crippen molar-refractivity contribution >= 4 is 16.3 Å². The predicted octanol–water partition coefficient (Wildman–Crippen LogP) is 1.92. The zero-order valence-electron chi connectivity index (χ0n) is 15.8. The maximum absolute atomic E-state index is 10.8. The van der Waals surface area contributed by atoms with Crippen molar-refractivity contribution in [3.05, 3.63) is 35.0 Å². The quantitative estimate of drug-likeness (QED) is 0.698. The minimum atomic E-state index is 0.000978. The topological polar surface area (TPSA) is 73.3 Å². The number of nitrogens with one attached hydrogen (secondary N) is 1. The van der Waals surface area contributed by atoms with E-state index in [0.29, 0.717) is 22.4 Å². The number of aromatic hydroxyl groups is 1. The summed E-state index contributed by atoms with van der Waals surface area (Å²) in [5.74, 6) is 2.23. The SMILES string of the molecule is COc1ccc([C@@H](c2sc3ncnn3c2O)[NH+]2CCC[C@@H](C)C2)cc1OC. The normalized spacial score (nSPS) is 21.3. The molecule has 0 spiro atoms. The Bertz CT molecular complexity index is 938.